The largest absolute Gasteiger partial charge is 0.397 e. The van der Waals surface area contributed by atoms with Crippen molar-refractivity contribution >= 4 is 17.7 Å². The summed E-state index contributed by atoms with van der Waals surface area (Å²) in [6.07, 6.45) is -3.83. The van der Waals surface area contributed by atoms with E-state index in [0.29, 0.717) is 25.2 Å². The van der Waals surface area contributed by atoms with Gasteiger partial charge in [-0.3, -0.25) is 24.6 Å². The Morgan fingerprint density at radius 3 is 2.71 bits per heavy atom. The average molecular weight is 436 g/mol. The standard InChI is InChI=1S/C21H23F3N4O3/c22-21(23,24)20-10-25-6-13(20)8-27(11-20)7-12-2-1-3-14-15(12)9-28(19(14)31)16-4-5-17(29)26-18(16)30/h1-3,13,16,25H,4-11H2,(H,26,29,30)/t13-,16?,20-/m1/s1. The van der Waals surface area contributed by atoms with Crippen molar-refractivity contribution in [2.75, 3.05) is 26.2 Å². The van der Waals surface area contributed by atoms with E-state index in [-0.39, 0.29) is 44.3 Å². The van der Waals surface area contributed by atoms with Crippen molar-refractivity contribution in [3.8, 4) is 0 Å². The minimum absolute atomic E-state index is 0.0632. The third-order valence-corrected chi connectivity index (χ3v) is 7.23. The second-order valence-corrected chi connectivity index (χ2v) is 8.99. The van der Waals surface area contributed by atoms with Crippen molar-refractivity contribution in [2.45, 2.75) is 38.1 Å². The SMILES string of the molecule is O=C1CCC(N2Cc3c(CN4C[C@H]5CNC[C@@]5(C(F)(F)F)C4)cccc3C2=O)C(=O)N1. The average Bonchev–Trinajstić information content (AvgIpc) is 3.34. The molecular weight excluding hydrogens is 413 g/mol. The maximum atomic E-state index is 13.8. The van der Waals surface area contributed by atoms with Gasteiger partial charge in [-0.15, -0.1) is 0 Å². The first-order valence-electron chi connectivity index (χ1n) is 10.4. The molecule has 0 radical (unpaired) electrons. The van der Waals surface area contributed by atoms with Gasteiger partial charge in [-0.2, -0.15) is 13.2 Å². The first kappa shape index (κ1) is 20.4. The number of nitrogens with zero attached hydrogens (tertiary/aromatic N) is 2. The molecule has 0 aromatic heterocycles. The fourth-order valence-corrected chi connectivity index (χ4v) is 5.59. The molecule has 4 aliphatic heterocycles. The molecule has 1 aromatic carbocycles. The lowest BCUT2D eigenvalue weighted by atomic mass is 9.80. The zero-order valence-electron chi connectivity index (χ0n) is 16.8. The maximum Gasteiger partial charge on any atom is 0.397 e. The number of benzene rings is 1. The van der Waals surface area contributed by atoms with E-state index < -0.39 is 29.5 Å². The molecule has 0 bridgehead atoms. The van der Waals surface area contributed by atoms with Crippen molar-refractivity contribution in [2.24, 2.45) is 11.3 Å². The lowest BCUT2D eigenvalue weighted by Crippen LogP contribution is -2.52. The van der Waals surface area contributed by atoms with Crippen molar-refractivity contribution < 1.29 is 27.6 Å². The van der Waals surface area contributed by atoms with E-state index in [4.69, 9.17) is 0 Å². The second-order valence-electron chi connectivity index (χ2n) is 8.99. The van der Waals surface area contributed by atoms with Crippen LogP contribution in [0.15, 0.2) is 18.2 Å². The smallest absolute Gasteiger partial charge is 0.322 e. The number of nitrogens with one attached hydrogen (secondary N) is 2. The summed E-state index contributed by atoms with van der Waals surface area (Å²) >= 11 is 0. The van der Waals surface area contributed by atoms with Crippen LogP contribution in [0.2, 0.25) is 0 Å². The number of amides is 3. The van der Waals surface area contributed by atoms with Gasteiger partial charge in [0.05, 0.1) is 5.41 Å². The summed E-state index contributed by atoms with van der Waals surface area (Å²) in [5.74, 6) is -1.59. The summed E-state index contributed by atoms with van der Waals surface area (Å²) in [4.78, 5) is 39.9. The van der Waals surface area contributed by atoms with E-state index in [9.17, 15) is 27.6 Å². The molecule has 0 saturated carbocycles. The minimum atomic E-state index is -4.27. The molecule has 3 atom stereocenters. The molecule has 1 aromatic rings. The molecule has 10 heteroatoms. The fourth-order valence-electron chi connectivity index (χ4n) is 5.59. The third kappa shape index (κ3) is 3.15. The Morgan fingerprint density at radius 2 is 2.00 bits per heavy atom. The van der Waals surface area contributed by atoms with Crippen LogP contribution in [0.3, 0.4) is 0 Å². The first-order chi connectivity index (χ1) is 14.7. The predicted octanol–water partition coefficient (Wildman–Crippen LogP) is 1.03. The van der Waals surface area contributed by atoms with Crippen LogP contribution in [0.25, 0.3) is 0 Å². The Morgan fingerprint density at radius 1 is 1.19 bits per heavy atom. The van der Waals surface area contributed by atoms with Gasteiger partial charge >= 0.3 is 6.18 Å². The summed E-state index contributed by atoms with van der Waals surface area (Å²) in [6.45, 7) is 1.12. The number of alkyl halides is 3. The Labute approximate surface area is 176 Å². The van der Waals surface area contributed by atoms with Gasteiger partial charge in [0.15, 0.2) is 0 Å². The Bertz CT molecular complexity index is 966. The van der Waals surface area contributed by atoms with Gasteiger partial charge in [0.1, 0.15) is 6.04 Å². The first-order valence-corrected chi connectivity index (χ1v) is 10.4. The van der Waals surface area contributed by atoms with Crippen LogP contribution in [-0.2, 0) is 22.7 Å². The van der Waals surface area contributed by atoms with Crippen LogP contribution >= 0.6 is 0 Å². The Hall–Kier alpha value is -2.46. The van der Waals surface area contributed by atoms with Crippen molar-refractivity contribution in [1.82, 2.24) is 20.4 Å². The molecular formula is C21H23F3N4O3. The van der Waals surface area contributed by atoms with Crippen LogP contribution in [-0.4, -0.2) is 65.9 Å². The highest BCUT2D eigenvalue weighted by Crippen LogP contribution is 2.51. The minimum Gasteiger partial charge on any atom is -0.322 e. The van der Waals surface area contributed by atoms with E-state index in [1.165, 1.54) is 4.90 Å². The number of hydrogen-bond donors (Lipinski definition) is 2. The number of carbonyl (C=O) groups is 3. The quantitative estimate of drug-likeness (QED) is 0.692. The van der Waals surface area contributed by atoms with Gasteiger partial charge in [0.2, 0.25) is 11.8 Å². The zero-order chi connectivity index (χ0) is 22.0. The van der Waals surface area contributed by atoms with E-state index in [1.807, 2.05) is 11.0 Å². The van der Waals surface area contributed by atoms with E-state index in [1.54, 1.807) is 12.1 Å². The normalized spacial score (nSPS) is 31.2. The second kappa shape index (κ2) is 7.03. The summed E-state index contributed by atoms with van der Waals surface area (Å²) in [7, 11) is 0. The molecule has 0 spiro atoms. The van der Waals surface area contributed by atoms with Gasteiger partial charge in [-0.05, 0) is 23.6 Å². The molecule has 3 amide bonds. The number of imide groups is 1. The number of halogens is 3. The summed E-state index contributed by atoms with van der Waals surface area (Å²) in [5.41, 5.74) is 0.327. The Kier molecular flexibility index (Phi) is 4.63. The maximum absolute atomic E-state index is 13.8. The number of rotatable bonds is 3. The number of hydrogen-bond acceptors (Lipinski definition) is 5. The van der Waals surface area contributed by atoms with Gasteiger partial charge in [0.25, 0.3) is 5.91 Å². The van der Waals surface area contributed by atoms with Crippen LogP contribution in [0.4, 0.5) is 13.2 Å². The van der Waals surface area contributed by atoms with Crippen molar-refractivity contribution in [3.63, 3.8) is 0 Å². The zero-order valence-corrected chi connectivity index (χ0v) is 16.8. The topological polar surface area (TPSA) is 81.8 Å². The lowest BCUT2D eigenvalue weighted by molar-refractivity contribution is -0.221. The molecule has 3 saturated heterocycles. The predicted molar refractivity (Wildman–Crippen MR) is 103 cm³/mol. The molecule has 0 aliphatic carbocycles. The molecule has 166 valence electrons. The van der Waals surface area contributed by atoms with Gasteiger partial charge in [-0.25, -0.2) is 0 Å². The highest BCUT2D eigenvalue weighted by Gasteiger charge is 2.64. The van der Waals surface area contributed by atoms with E-state index >= 15 is 0 Å². The fraction of sp³-hybridized carbons (Fsp3) is 0.571. The highest BCUT2D eigenvalue weighted by molar-refractivity contribution is 6.05. The number of likely N-dealkylation sites (tertiary alicyclic amines) is 1. The van der Waals surface area contributed by atoms with Crippen molar-refractivity contribution in [3.05, 3.63) is 34.9 Å². The van der Waals surface area contributed by atoms with Crippen molar-refractivity contribution in [1.29, 1.82) is 0 Å². The molecule has 5 rings (SSSR count). The summed E-state index contributed by atoms with van der Waals surface area (Å²) < 4.78 is 41.5. The Balaban J connectivity index is 1.36. The molecule has 7 nitrogen and oxygen atoms in total. The highest BCUT2D eigenvalue weighted by atomic mass is 19.4. The molecule has 2 N–H and O–H groups in total. The van der Waals surface area contributed by atoms with Crippen LogP contribution in [0, 0.1) is 11.3 Å². The van der Waals surface area contributed by atoms with Crippen LogP contribution < -0.4 is 10.6 Å². The van der Waals surface area contributed by atoms with Crippen LogP contribution in [0.5, 0.6) is 0 Å². The van der Waals surface area contributed by atoms with Crippen LogP contribution in [0.1, 0.15) is 34.3 Å². The third-order valence-electron chi connectivity index (χ3n) is 7.23. The molecule has 4 heterocycles. The molecule has 3 fully saturated rings. The van der Waals surface area contributed by atoms with E-state index in [2.05, 4.69) is 10.6 Å². The number of piperidine rings is 1. The molecule has 31 heavy (non-hydrogen) atoms. The van der Waals surface area contributed by atoms with Gasteiger partial charge < -0.3 is 10.2 Å². The van der Waals surface area contributed by atoms with Gasteiger partial charge in [-0.1, -0.05) is 12.1 Å². The summed E-state index contributed by atoms with van der Waals surface area (Å²) in [6, 6.07) is 4.55. The number of fused-ring (bicyclic) bond motifs is 2. The summed E-state index contributed by atoms with van der Waals surface area (Å²) in [5, 5.41) is 5.17. The lowest BCUT2D eigenvalue weighted by Gasteiger charge is -2.31. The molecule has 4 aliphatic rings. The molecule has 1 unspecified atom stereocenters. The monoisotopic (exact) mass is 436 g/mol. The number of carbonyl (C=O) groups excluding carboxylic acids is 3. The van der Waals surface area contributed by atoms with Gasteiger partial charge in [0, 0.05) is 57.2 Å². The van der Waals surface area contributed by atoms with E-state index in [0.717, 1.165) is 11.1 Å².